The fourth-order valence-corrected chi connectivity index (χ4v) is 2.15. The van der Waals surface area contributed by atoms with E-state index in [0.717, 1.165) is 26.1 Å². The Morgan fingerprint density at radius 1 is 1.53 bits per heavy atom. The van der Waals surface area contributed by atoms with E-state index in [0.29, 0.717) is 0 Å². The van der Waals surface area contributed by atoms with Crippen LogP contribution in [0.15, 0.2) is 12.4 Å². The first-order chi connectivity index (χ1) is 7.99. The predicted octanol–water partition coefficient (Wildman–Crippen LogP) is 0.173. The Labute approximate surface area is 102 Å². The SMILES string of the molecule is Cn1cc(CCN2CCNC(C)(C)C2=O)cn1. The monoisotopic (exact) mass is 236 g/mol. The zero-order valence-corrected chi connectivity index (χ0v) is 10.7. The number of rotatable bonds is 3. The minimum atomic E-state index is -0.423. The number of aryl methyl sites for hydroxylation is 1. The Balaban J connectivity index is 1.93. The van der Waals surface area contributed by atoms with Crippen molar-refractivity contribution in [3.05, 3.63) is 18.0 Å². The molecule has 5 nitrogen and oxygen atoms in total. The molecule has 0 aromatic carbocycles. The van der Waals surface area contributed by atoms with Crippen molar-refractivity contribution in [2.75, 3.05) is 19.6 Å². The molecule has 1 saturated heterocycles. The normalized spacial score (nSPS) is 19.7. The van der Waals surface area contributed by atoms with Crippen molar-refractivity contribution < 1.29 is 4.79 Å². The maximum atomic E-state index is 12.1. The number of aromatic nitrogens is 2. The van der Waals surface area contributed by atoms with E-state index >= 15 is 0 Å². The number of hydrogen-bond donors (Lipinski definition) is 1. The van der Waals surface area contributed by atoms with Crippen molar-refractivity contribution in [1.29, 1.82) is 0 Å². The zero-order valence-electron chi connectivity index (χ0n) is 10.7. The molecule has 1 amide bonds. The summed E-state index contributed by atoms with van der Waals surface area (Å²) in [7, 11) is 1.91. The number of nitrogens with zero attached hydrogens (tertiary/aromatic N) is 3. The van der Waals surface area contributed by atoms with Crippen LogP contribution in [0.1, 0.15) is 19.4 Å². The minimum Gasteiger partial charge on any atom is -0.340 e. The molecule has 1 N–H and O–H groups in total. The Bertz CT molecular complexity index is 410. The molecule has 1 fully saturated rings. The average molecular weight is 236 g/mol. The highest BCUT2D eigenvalue weighted by molar-refractivity contribution is 5.86. The Kier molecular flexibility index (Phi) is 3.19. The van der Waals surface area contributed by atoms with Crippen LogP contribution in [0.5, 0.6) is 0 Å². The van der Waals surface area contributed by atoms with Crippen LogP contribution in [-0.4, -0.2) is 45.8 Å². The summed E-state index contributed by atoms with van der Waals surface area (Å²) in [5.41, 5.74) is 0.754. The maximum absolute atomic E-state index is 12.1. The summed E-state index contributed by atoms with van der Waals surface area (Å²) in [6.07, 6.45) is 4.73. The molecule has 0 atom stereocenters. The standard InChI is InChI=1S/C12H20N4O/c1-12(2)11(17)16(7-5-13-12)6-4-10-8-14-15(3)9-10/h8-9,13H,4-7H2,1-3H3. The Morgan fingerprint density at radius 2 is 2.29 bits per heavy atom. The van der Waals surface area contributed by atoms with Crippen molar-refractivity contribution in [3.8, 4) is 0 Å². The van der Waals surface area contributed by atoms with E-state index in [4.69, 9.17) is 0 Å². The van der Waals surface area contributed by atoms with Gasteiger partial charge in [-0.05, 0) is 25.8 Å². The number of piperazine rings is 1. The summed E-state index contributed by atoms with van der Waals surface area (Å²) in [6.45, 7) is 6.31. The zero-order chi connectivity index (χ0) is 12.5. The molecule has 17 heavy (non-hydrogen) atoms. The lowest BCUT2D eigenvalue weighted by molar-refractivity contribution is -0.139. The quantitative estimate of drug-likeness (QED) is 0.814. The summed E-state index contributed by atoms with van der Waals surface area (Å²) in [5.74, 6) is 0.188. The molecule has 94 valence electrons. The number of carbonyl (C=O) groups is 1. The Morgan fingerprint density at radius 3 is 2.94 bits per heavy atom. The van der Waals surface area contributed by atoms with Crippen LogP contribution in [0.2, 0.25) is 0 Å². The number of amides is 1. The van der Waals surface area contributed by atoms with E-state index < -0.39 is 5.54 Å². The van der Waals surface area contributed by atoms with Crippen LogP contribution in [-0.2, 0) is 18.3 Å². The first-order valence-corrected chi connectivity index (χ1v) is 6.01. The van der Waals surface area contributed by atoms with Gasteiger partial charge in [0.2, 0.25) is 5.91 Å². The van der Waals surface area contributed by atoms with Gasteiger partial charge in [-0.15, -0.1) is 0 Å². The van der Waals surface area contributed by atoms with Gasteiger partial charge in [-0.2, -0.15) is 5.10 Å². The van der Waals surface area contributed by atoms with Crippen molar-refractivity contribution >= 4 is 5.91 Å². The van der Waals surface area contributed by atoms with Gasteiger partial charge in [-0.25, -0.2) is 0 Å². The van der Waals surface area contributed by atoms with Crippen LogP contribution in [0.4, 0.5) is 0 Å². The van der Waals surface area contributed by atoms with Gasteiger partial charge < -0.3 is 10.2 Å². The third kappa shape index (κ3) is 2.66. The molecule has 0 saturated carbocycles. The fraction of sp³-hybridized carbons (Fsp3) is 0.667. The lowest BCUT2D eigenvalue weighted by Gasteiger charge is -2.38. The van der Waals surface area contributed by atoms with Gasteiger partial charge in [0, 0.05) is 32.9 Å². The molecular weight excluding hydrogens is 216 g/mol. The molecule has 0 spiro atoms. The first kappa shape index (κ1) is 12.1. The van der Waals surface area contributed by atoms with Crippen LogP contribution in [0.25, 0.3) is 0 Å². The molecule has 2 heterocycles. The fourth-order valence-electron chi connectivity index (χ4n) is 2.15. The highest BCUT2D eigenvalue weighted by Gasteiger charge is 2.34. The molecule has 0 unspecified atom stereocenters. The van der Waals surface area contributed by atoms with Gasteiger partial charge in [0.1, 0.15) is 0 Å². The first-order valence-electron chi connectivity index (χ1n) is 6.01. The van der Waals surface area contributed by atoms with Crippen molar-refractivity contribution in [2.24, 2.45) is 7.05 Å². The second-order valence-electron chi connectivity index (χ2n) is 5.12. The van der Waals surface area contributed by atoms with Crippen LogP contribution in [0, 0.1) is 0 Å². The molecule has 1 aliphatic rings. The van der Waals surface area contributed by atoms with Crippen molar-refractivity contribution in [2.45, 2.75) is 25.8 Å². The predicted molar refractivity (Wildman–Crippen MR) is 65.6 cm³/mol. The van der Waals surface area contributed by atoms with E-state index in [-0.39, 0.29) is 5.91 Å². The molecule has 0 bridgehead atoms. The van der Waals surface area contributed by atoms with Gasteiger partial charge in [0.15, 0.2) is 0 Å². The molecule has 0 aliphatic carbocycles. The van der Waals surface area contributed by atoms with Gasteiger partial charge in [0.05, 0.1) is 11.7 Å². The van der Waals surface area contributed by atoms with Crippen LogP contribution >= 0.6 is 0 Å². The molecule has 1 aliphatic heterocycles. The summed E-state index contributed by atoms with van der Waals surface area (Å²) in [6, 6.07) is 0. The molecule has 5 heteroatoms. The maximum Gasteiger partial charge on any atom is 0.242 e. The average Bonchev–Trinajstić information content (AvgIpc) is 2.67. The van der Waals surface area contributed by atoms with Gasteiger partial charge in [0.25, 0.3) is 0 Å². The summed E-state index contributed by atoms with van der Waals surface area (Å²) in [5, 5.41) is 7.36. The van der Waals surface area contributed by atoms with Crippen molar-refractivity contribution in [3.63, 3.8) is 0 Å². The second kappa shape index (κ2) is 4.49. The summed E-state index contributed by atoms with van der Waals surface area (Å²) in [4.78, 5) is 14.1. The highest BCUT2D eigenvalue weighted by Crippen LogP contribution is 2.13. The van der Waals surface area contributed by atoms with E-state index in [2.05, 4.69) is 10.4 Å². The molecular formula is C12H20N4O. The van der Waals surface area contributed by atoms with Crippen molar-refractivity contribution in [1.82, 2.24) is 20.0 Å². The summed E-state index contributed by atoms with van der Waals surface area (Å²) >= 11 is 0. The van der Waals surface area contributed by atoms with E-state index in [1.807, 2.05) is 38.2 Å². The number of carbonyl (C=O) groups excluding carboxylic acids is 1. The van der Waals surface area contributed by atoms with Crippen LogP contribution in [0.3, 0.4) is 0 Å². The highest BCUT2D eigenvalue weighted by atomic mass is 16.2. The largest absolute Gasteiger partial charge is 0.340 e. The third-order valence-corrected chi connectivity index (χ3v) is 3.20. The van der Waals surface area contributed by atoms with E-state index in [9.17, 15) is 4.79 Å². The smallest absolute Gasteiger partial charge is 0.242 e. The lowest BCUT2D eigenvalue weighted by atomic mass is 10.0. The van der Waals surface area contributed by atoms with Crippen LogP contribution < -0.4 is 5.32 Å². The van der Waals surface area contributed by atoms with E-state index in [1.54, 1.807) is 4.68 Å². The van der Waals surface area contributed by atoms with E-state index in [1.165, 1.54) is 5.56 Å². The van der Waals surface area contributed by atoms with Gasteiger partial charge >= 0.3 is 0 Å². The molecule has 0 radical (unpaired) electrons. The second-order valence-corrected chi connectivity index (χ2v) is 5.12. The third-order valence-electron chi connectivity index (χ3n) is 3.20. The summed E-state index contributed by atoms with van der Waals surface area (Å²) < 4.78 is 1.79. The minimum absolute atomic E-state index is 0.188. The molecule has 1 aromatic heterocycles. The molecule has 1 aromatic rings. The molecule has 2 rings (SSSR count). The Hall–Kier alpha value is -1.36. The lowest BCUT2D eigenvalue weighted by Crippen LogP contribution is -2.61. The number of hydrogen-bond acceptors (Lipinski definition) is 3. The topological polar surface area (TPSA) is 50.2 Å². The van der Waals surface area contributed by atoms with Gasteiger partial charge in [-0.1, -0.05) is 0 Å². The van der Waals surface area contributed by atoms with Gasteiger partial charge in [-0.3, -0.25) is 9.48 Å². The number of nitrogens with one attached hydrogen (secondary N) is 1.